The molecule has 2 heterocycles. The maximum absolute atomic E-state index is 5.64. The van der Waals surface area contributed by atoms with Crippen LogP contribution in [0.2, 0.25) is 0 Å². The molecule has 3 N–H and O–H groups in total. The van der Waals surface area contributed by atoms with Crippen molar-refractivity contribution in [1.82, 2.24) is 29.8 Å². The summed E-state index contributed by atoms with van der Waals surface area (Å²) in [6.07, 6.45) is 4.18. The smallest absolute Gasteiger partial charge is 0.138 e. The van der Waals surface area contributed by atoms with Gasteiger partial charge < -0.3 is 0 Å². The molecule has 2 rings (SSSR count). The fourth-order valence-electron chi connectivity index (χ4n) is 1.81. The van der Waals surface area contributed by atoms with E-state index in [2.05, 4.69) is 32.0 Å². The zero-order valence-electron chi connectivity index (χ0n) is 10.5. The maximum atomic E-state index is 5.64. The third-order valence-corrected chi connectivity index (χ3v) is 3.66. The summed E-state index contributed by atoms with van der Waals surface area (Å²) in [7, 11) is 1.87. The van der Waals surface area contributed by atoms with Gasteiger partial charge in [0, 0.05) is 13.5 Å². The molecule has 0 saturated carbocycles. The summed E-state index contributed by atoms with van der Waals surface area (Å²) in [5.74, 6) is 6.52. The maximum Gasteiger partial charge on any atom is 0.138 e. The van der Waals surface area contributed by atoms with Crippen LogP contribution in [0.5, 0.6) is 0 Å². The molecule has 0 aromatic carbocycles. The highest BCUT2D eigenvalue weighted by Gasteiger charge is 2.20. The minimum absolute atomic E-state index is 0.0190. The highest BCUT2D eigenvalue weighted by molar-refractivity contribution is 7.05. The number of hydrazine groups is 1. The Labute approximate surface area is 110 Å². The van der Waals surface area contributed by atoms with E-state index in [1.54, 1.807) is 11.0 Å². The molecule has 18 heavy (non-hydrogen) atoms. The first-order chi connectivity index (χ1) is 8.76. The first-order valence-corrected chi connectivity index (χ1v) is 6.63. The van der Waals surface area contributed by atoms with Crippen LogP contribution in [0.3, 0.4) is 0 Å². The van der Waals surface area contributed by atoms with Gasteiger partial charge in [-0.05, 0) is 18.0 Å². The van der Waals surface area contributed by atoms with Crippen molar-refractivity contribution in [1.29, 1.82) is 0 Å². The Morgan fingerprint density at radius 1 is 1.56 bits per heavy atom. The average Bonchev–Trinajstić information content (AvgIpc) is 2.97. The molecule has 2 aromatic heterocycles. The Morgan fingerprint density at radius 2 is 2.39 bits per heavy atom. The second-order valence-electron chi connectivity index (χ2n) is 4.06. The Morgan fingerprint density at radius 3 is 3.00 bits per heavy atom. The lowest BCUT2D eigenvalue weighted by Gasteiger charge is -2.14. The normalized spacial score (nSPS) is 12.8. The highest BCUT2D eigenvalue weighted by atomic mass is 32.1. The Hall–Kier alpha value is -1.38. The molecule has 2 aromatic rings. The van der Waals surface area contributed by atoms with Crippen LogP contribution in [0.1, 0.15) is 35.8 Å². The first kappa shape index (κ1) is 13.1. The van der Waals surface area contributed by atoms with Crippen molar-refractivity contribution >= 4 is 11.5 Å². The van der Waals surface area contributed by atoms with Crippen molar-refractivity contribution in [3.8, 4) is 0 Å². The monoisotopic (exact) mass is 267 g/mol. The van der Waals surface area contributed by atoms with E-state index in [-0.39, 0.29) is 6.04 Å². The van der Waals surface area contributed by atoms with E-state index in [0.717, 1.165) is 29.2 Å². The van der Waals surface area contributed by atoms with Crippen LogP contribution in [-0.2, 0) is 19.9 Å². The SMILES string of the molecule is CCCc1nnsc1C(Cc1ncnn1C)NN. The number of rotatable bonds is 6. The fourth-order valence-corrected chi connectivity index (χ4v) is 2.56. The van der Waals surface area contributed by atoms with Crippen molar-refractivity contribution in [2.24, 2.45) is 12.9 Å². The molecule has 0 bridgehead atoms. The Bertz CT molecular complexity index is 492. The number of hydrogen-bond donors (Lipinski definition) is 2. The van der Waals surface area contributed by atoms with Gasteiger partial charge in [-0.3, -0.25) is 16.0 Å². The molecule has 0 aliphatic carbocycles. The molecule has 0 amide bonds. The van der Waals surface area contributed by atoms with Gasteiger partial charge in [0.25, 0.3) is 0 Å². The summed E-state index contributed by atoms with van der Waals surface area (Å²) >= 11 is 1.39. The van der Waals surface area contributed by atoms with Gasteiger partial charge in [-0.2, -0.15) is 5.10 Å². The Balaban J connectivity index is 2.17. The molecule has 1 unspecified atom stereocenters. The number of aryl methyl sites for hydroxylation is 2. The van der Waals surface area contributed by atoms with Crippen LogP contribution >= 0.6 is 11.5 Å². The van der Waals surface area contributed by atoms with Crippen molar-refractivity contribution < 1.29 is 0 Å². The van der Waals surface area contributed by atoms with Crippen molar-refractivity contribution in [3.63, 3.8) is 0 Å². The number of aromatic nitrogens is 5. The lowest BCUT2D eigenvalue weighted by molar-refractivity contribution is 0.525. The third kappa shape index (κ3) is 2.71. The third-order valence-electron chi connectivity index (χ3n) is 2.78. The molecular formula is C10H17N7S. The van der Waals surface area contributed by atoms with Crippen LogP contribution in [-0.4, -0.2) is 24.4 Å². The van der Waals surface area contributed by atoms with Crippen LogP contribution in [0.15, 0.2) is 6.33 Å². The highest BCUT2D eigenvalue weighted by Crippen LogP contribution is 2.23. The first-order valence-electron chi connectivity index (χ1n) is 5.86. The molecular weight excluding hydrogens is 250 g/mol. The largest absolute Gasteiger partial charge is 0.271 e. The van der Waals surface area contributed by atoms with Gasteiger partial charge in [0.15, 0.2) is 0 Å². The summed E-state index contributed by atoms with van der Waals surface area (Å²) < 4.78 is 5.76. The molecule has 0 aliphatic heterocycles. The lowest BCUT2D eigenvalue weighted by atomic mass is 10.1. The quantitative estimate of drug-likeness (QED) is 0.580. The van der Waals surface area contributed by atoms with Gasteiger partial charge in [-0.1, -0.05) is 17.8 Å². The van der Waals surface area contributed by atoms with E-state index in [9.17, 15) is 0 Å². The molecule has 0 saturated heterocycles. The van der Waals surface area contributed by atoms with Crippen LogP contribution in [0.4, 0.5) is 0 Å². The van der Waals surface area contributed by atoms with Crippen LogP contribution in [0.25, 0.3) is 0 Å². The van der Waals surface area contributed by atoms with Gasteiger partial charge in [0.2, 0.25) is 0 Å². The predicted octanol–water partition coefficient (Wildman–Crippen LogP) is 0.366. The van der Waals surface area contributed by atoms with Crippen molar-refractivity contribution in [2.75, 3.05) is 0 Å². The number of nitrogens with zero attached hydrogens (tertiary/aromatic N) is 5. The van der Waals surface area contributed by atoms with E-state index in [0.29, 0.717) is 6.42 Å². The molecule has 0 radical (unpaired) electrons. The van der Waals surface area contributed by atoms with Crippen LogP contribution in [0, 0.1) is 0 Å². The van der Waals surface area contributed by atoms with E-state index in [1.165, 1.54) is 11.5 Å². The lowest BCUT2D eigenvalue weighted by Crippen LogP contribution is -2.30. The number of hydrogen-bond acceptors (Lipinski definition) is 7. The number of nitrogens with one attached hydrogen (secondary N) is 1. The molecule has 8 heteroatoms. The number of nitrogens with two attached hydrogens (primary N) is 1. The van der Waals surface area contributed by atoms with Gasteiger partial charge in [0.1, 0.15) is 12.2 Å². The molecule has 98 valence electrons. The minimum atomic E-state index is -0.0190. The van der Waals surface area contributed by atoms with Crippen molar-refractivity contribution in [3.05, 3.63) is 22.7 Å². The van der Waals surface area contributed by atoms with Gasteiger partial charge in [-0.15, -0.1) is 5.10 Å². The molecule has 7 nitrogen and oxygen atoms in total. The fraction of sp³-hybridized carbons (Fsp3) is 0.600. The molecule has 1 atom stereocenters. The minimum Gasteiger partial charge on any atom is -0.271 e. The van der Waals surface area contributed by atoms with Gasteiger partial charge in [-0.25, -0.2) is 4.98 Å². The summed E-state index contributed by atoms with van der Waals surface area (Å²) in [5.41, 5.74) is 3.84. The Kier molecular flexibility index (Phi) is 4.34. The topological polar surface area (TPSA) is 94.5 Å². The predicted molar refractivity (Wildman–Crippen MR) is 68.7 cm³/mol. The molecule has 0 spiro atoms. The zero-order valence-corrected chi connectivity index (χ0v) is 11.3. The van der Waals surface area contributed by atoms with E-state index < -0.39 is 0 Å². The molecule has 0 fully saturated rings. The van der Waals surface area contributed by atoms with E-state index >= 15 is 0 Å². The average molecular weight is 267 g/mol. The van der Waals surface area contributed by atoms with E-state index in [4.69, 9.17) is 5.84 Å². The van der Waals surface area contributed by atoms with Gasteiger partial charge >= 0.3 is 0 Å². The second-order valence-corrected chi connectivity index (χ2v) is 4.84. The van der Waals surface area contributed by atoms with Crippen molar-refractivity contribution in [2.45, 2.75) is 32.2 Å². The molecule has 0 aliphatic rings. The second kappa shape index (κ2) is 5.98. The van der Waals surface area contributed by atoms with E-state index in [1.807, 2.05) is 7.05 Å². The summed E-state index contributed by atoms with van der Waals surface area (Å²) in [6, 6.07) is -0.0190. The summed E-state index contributed by atoms with van der Waals surface area (Å²) in [6.45, 7) is 2.12. The standard InChI is InChI=1S/C10H17N7S/c1-3-4-7-10(18-16-15-7)8(14-11)5-9-12-6-13-17(9)2/h6,8,14H,3-5,11H2,1-2H3. The van der Waals surface area contributed by atoms with Crippen LogP contribution < -0.4 is 11.3 Å². The summed E-state index contributed by atoms with van der Waals surface area (Å²) in [5, 5.41) is 8.21. The van der Waals surface area contributed by atoms with Gasteiger partial charge in [0.05, 0.1) is 16.6 Å². The zero-order chi connectivity index (χ0) is 13.0. The summed E-state index contributed by atoms with van der Waals surface area (Å²) in [4.78, 5) is 5.29.